The zero-order valence-electron chi connectivity index (χ0n) is 11.7. The number of aromatic nitrogens is 1. The highest BCUT2D eigenvalue weighted by molar-refractivity contribution is 5.85. The van der Waals surface area contributed by atoms with Gasteiger partial charge in [0.15, 0.2) is 0 Å². The van der Waals surface area contributed by atoms with Gasteiger partial charge in [0.25, 0.3) is 0 Å². The molecule has 2 rings (SSSR count). The van der Waals surface area contributed by atoms with Crippen LogP contribution < -0.4 is 5.32 Å². The largest absolute Gasteiger partial charge is 0.469 e. The first-order valence-electron chi connectivity index (χ1n) is 6.45. The molecule has 0 bridgehead atoms. The van der Waals surface area contributed by atoms with E-state index in [0.29, 0.717) is 13.0 Å². The summed E-state index contributed by atoms with van der Waals surface area (Å²) in [7, 11) is 3.49. The van der Waals surface area contributed by atoms with Gasteiger partial charge in [-0.05, 0) is 18.6 Å². The number of hydrogen-bond acceptors (Lipinski definition) is 3. The Bertz CT molecular complexity index is 548. The Labute approximate surface area is 113 Å². The molecule has 4 heteroatoms. The molecule has 0 saturated carbocycles. The van der Waals surface area contributed by atoms with E-state index in [1.54, 1.807) is 0 Å². The molecule has 1 aromatic carbocycles. The van der Waals surface area contributed by atoms with Crippen LogP contribution in [0.1, 0.15) is 17.7 Å². The van der Waals surface area contributed by atoms with E-state index in [1.165, 1.54) is 29.3 Å². The van der Waals surface area contributed by atoms with Crippen LogP contribution >= 0.6 is 0 Å². The molecule has 0 aliphatic heterocycles. The number of fused-ring (bicyclic) bond motifs is 1. The van der Waals surface area contributed by atoms with Gasteiger partial charge in [-0.1, -0.05) is 18.2 Å². The molecule has 19 heavy (non-hydrogen) atoms. The number of carbonyl (C=O) groups excluding carboxylic acids is 1. The molecule has 1 aromatic heterocycles. The van der Waals surface area contributed by atoms with Crippen LogP contribution in [0.5, 0.6) is 0 Å². The average molecular weight is 260 g/mol. The predicted octanol–water partition coefficient (Wildman–Crippen LogP) is 2.14. The molecule has 0 spiro atoms. The molecule has 2 aromatic rings. The fourth-order valence-corrected chi connectivity index (χ4v) is 2.39. The first-order valence-corrected chi connectivity index (χ1v) is 6.45. The van der Waals surface area contributed by atoms with Gasteiger partial charge in [0, 0.05) is 36.7 Å². The van der Waals surface area contributed by atoms with E-state index in [9.17, 15) is 4.79 Å². The molecule has 1 heterocycles. The molecule has 0 unspecified atom stereocenters. The highest BCUT2D eigenvalue weighted by atomic mass is 16.5. The maximum Gasteiger partial charge on any atom is 0.306 e. The molecular weight excluding hydrogens is 240 g/mol. The number of aryl methyl sites for hydroxylation is 2. The Morgan fingerprint density at radius 1 is 1.37 bits per heavy atom. The maximum absolute atomic E-state index is 11.0. The second-order valence-electron chi connectivity index (χ2n) is 4.65. The first kappa shape index (κ1) is 13.6. The van der Waals surface area contributed by atoms with Gasteiger partial charge >= 0.3 is 5.97 Å². The van der Waals surface area contributed by atoms with Gasteiger partial charge in [0.2, 0.25) is 0 Å². The summed E-state index contributed by atoms with van der Waals surface area (Å²) < 4.78 is 6.82. The van der Waals surface area contributed by atoms with Crippen molar-refractivity contribution in [1.82, 2.24) is 9.88 Å². The molecular formula is C15H20N2O2. The molecule has 0 fully saturated rings. The molecule has 0 atom stereocenters. The van der Waals surface area contributed by atoms with Gasteiger partial charge in [-0.3, -0.25) is 4.79 Å². The summed E-state index contributed by atoms with van der Waals surface area (Å²) in [6.07, 6.45) is 0.402. The number of nitrogens with one attached hydrogen (secondary N) is 1. The van der Waals surface area contributed by atoms with Crippen molar-refractivity contribution < 1.29 is 9.53 Å². The number of carbonyl (C=O) groups is 1. The highest BCUT2D eigenvalue weighted by Gasteiger charge is 2.10. The monoisotopic (exact) mass is 260 g/mol. The average Bonchev–Trinajstić information content (AvgIpc) is 2.68. The van der Waals surface area contributed by atoms with E-state index in [-0.39, 0.29) is 5.97 Å². The number of ether oxygens (including phenoxy) is 1. The Kier molecular flexibility index (Phi) is 4.22. The number of hydrogen-bond donors (Lipinski definition) is 1. The third kappa shape index (κ3) is 2.79. The molecule has 1 N–H and O–H groups in total. The lowest BCUT2D eigenvalue weighted by Gasteiger charge is -2.07. The first-order chi connectivity index (χ1) is 9.15. The number of esters is 1. The van der Waals surface area contributed by atoms with Crippen LogP contribution in [-0.4, -0.2) is 24.2 Å². The molecule has 102 valence electrons. The topological polar surface area (TPSA) is 43.3 Å². The molecule has 0 saturated heterocycles. The predicted molar refractivity (Wildman–Crippen MR) is 76.0 cm³/mol. The van der Waals surface area contributed by atoms with Gasteiger partial charge in [-0.15, -0.1) is 0 Å². The van der Waals surface area contributed by atoms with Crippen molar-refractivity contribution in [2.75, 3.05) is 13.7 Å². The summed E-state index contributed by atoms with van der Waals surface area (Å²) >= 11 is 0. The molecule has 4 nitrogen and oxygen atoms in total. The summed E-state index contributed by atoms with van der Waals surface area (Å²) in [6.45, 7) is 3.53. The van der Waals surface area contributed by atoms with E-state index in [0.717, 1.165) is 6.54 Å². The normalized spacial score (nSPS) is 10.9. The van der Waals surface area contributed by atoms with Crippen LogP contribution in [-0.2, 0) is 23.1 Å². The van der Waals surface area contributed by atoms with Gasteiger partial charge in [0.05, 0.1) is 13.5 Å². The summed E-state index contributed by atoms with van der Waals surface area (Å²) in [6, 6.07) is 8.38. The van der Waals surface area contributed by atoms with Gasteiger partial charge in [0.1, 0.15) is 0 Å². The fourth-order valence-electron chi connectivity index (χ4n) is 2.39. The molecule has 0 radical (unpaired) electrons. The second-order valence-corrected chi connectivity index (χ2v) is 4.65. The Hall–Kier alpha value is -1.81. The molecule has 0 amide bonds. The smallest absolute Gasteiger partial charge is 0.306 e. The van der Waals surface area contributed by atoms with Crippen LogP contribution in [0.25, 0.3) is 10.9 Å². The summed E-state index contributed by atoms with van der Waals surface area (Å²) in [5.74, 6) is -0.179. The quantitative estimate of drug-likeness (QED) is 0.661. The van der Waals surface area contributed by atoms with E-state index < -0.39 is 0 Å². The minimum absolute atomic E-state index is 0.179. The van der Waals surface area contributed by atoms with Gasteiger partial charge < -0.3 is 14.6 Å². The minimum Gasteiger partial charge on any atom is -0.469 e. The van der Waals surface area contributed by atoms with E-state index >= 15 is 0 Å². The number of para-hydroxylation sites is 1. The number of rotatable bonds is 5. The van der Waals surface area contributed by atoms with Crippen molar-refractivity contribution in [3.8, 4) is 0 Å². The zero-order valence-corrected chi connectivity index (χ0v) is 11.7. The summed E-state index contributed by atoms with van der Waals surface area (Å²) in [5.41, 5.74) is 3.79. The number of nitrogens with zero attached hydrogens (tertiary/aromatic N) is 1. The molecule has 0 aliphatic rings. The Morgan fingerprint density at radius 3 is 2.79 bits per heavy atom. The summed E-state index contributed by atoms with van der Waals surface area (Å²) in [4.78, 5) is 11.0. The van der Waals surface area contributed by atoms with Gasteiger partial charge in [-0.25, -0.2) is 0 Å². The van der Waals surface area contributed by atoms with Crippen LogP contribution in [0.15, 0.2) is 24.3 Å². The van der Waals surface area contributed by atoms with Gasteiger partial charge in [-0.2, -0.15) is 0 Å². The SMILES string of the molecule is COC(=O)CCNCc1c(C)c2ccccc2n1C. The fraction of sp³-hybridized carbons (Fsp3) is 0.400. The number of benzene rings is 1. The van der Waals surface area contributed by atoms with Crippen molar-refractivity contribution in [1.29, 1.82) is 0 Å². The van der Waals surface area contributed by atoms with E-state index in [4.69, 9.17) is 0 Å². The third-order valence-electron chi connectivity index (χ3n) is 3.53. The van der Waals surface area contributed by atoms with Crippen molar-refractivity contribution >= 4 is 16.9 Å². The van der Waals surface area contributed by atoms with Crippen molar-refractivity contribution in [3.63, 3.8) is 0 Å². The molecule has 0 aliphatic carbocycles. The Morgan fingerprint density at radius 2 is 2.11 bits per heavy atom. The van der Waals surface area contributed by atoms with Crippen LogP contribution in [0.3, 0.4) is 0 Å². The van der Waals surface area contributed by atoms with Crippen LogP contribution in [0.4, 0.5) is 0 Å². The zero-order chi connectivity index (χ0) is 13.8. The maximum atomic E-state index is 11.0. The lowest BCUT2D eigenvalue weighted by molar-refractivity contribution is -0.140. The van der Waals surface area contributed by atoms with Crippen molar-refractivity contribution in [3.05, 3.63) is 35.5 Å². The van der Waals surface area contributed by atoms with Crippen molar-refractivity contribution in [2.45, 2.75) is 19.9 Å². The van der Waals surface area contributed by atoms with Crippen LogP contribution in [0, 0.1) is 6.92 Å². The highest BCUT2D eigenvalue weighted by Crippen LogP contribution is 2.24. The lowest BCUT2D eigenvalue weighted by atomic mass is 10.1. The van der Waals surface area contributed by atoms with E-state index in [1.807, 2.05) is 0 Å². The number of methoxy groups -OCH3 is 1. The second kappa shape index (κ2) is 5.89. The standard InChI is InChI=1S/C15H20N2O2/c1-11-12-6-4-5-7-13(12)17(2)14(11)10-16-9-8-15(18)19-3/h4-7,16H,8-10H2,1-3H3. The third-order valence-corrected chi connectivity index (χ3v) is 3.53. The van der Waals surface area contributed by atoms with Crippen LogP contribution in [0.2, 0.25) is 0 Å². The Balaban J connectivity index is 2.07. The lowest BCUT2D eigenvalue weighted by Crippen LogP contribution is -2.20. The summed E-state index contributed by atoms with van der Waals surface area (Å²) in [5, 5.41) is 4.57. The van der Waals surface area contributed by atoms with Crippen molar-refractivity contribution in [2.24, 2.45) is 7.05 Å². The van der Waals surface area contributed by atoms with E-state index in [2.05, 4.69) is 52.9 Å². The minimum atomic E-state index is -0.179.